The molecule has 0 aromatic rings. The van der Waals surface area contributed by atoms with Gasteiger partial charge in [-0.25, -0.2) is 0 Å². The molecule has 0 spiro atoms. The van der Waals surface area contributed by atoms with Gasteiger partial charge in [0, 0.05) is 37.7 Å². The zero-order valence-electron chi connectivity index (χ0n) is 3.97. The van der Waals surface area contributed by atoms with Crippen molar-refractivity contribution in [3.8, 4) is 0 Å². The van der Waals surface area contributed by atoms with E-state index < -0.39 is 5.09 Å². The maximum Gasteiger partial charge on any atom is 0.0689 e. The molecule has 0 heterocycles. The molecule has 1 radical (unpaired) electrons. The molecule has 8 N–H and O–H groups in total. The van der Waals surface area contributed by atoms with Crippen LogP contribution in [0.3, 0.4) is 0 Å². The first-order valence-electron chi connectivity index (χ1n) is 0.548. The minimum absolute atomic E-state index is 0. The van der Waals surface area contributed by atoms with E-state index >= 15 is 0 Å². The molecular formula is H8HoNO7-. The Morgan fingerprint density at radius 1 is 0.889 bits per heavy atom. The third kappa shape index (κ3) is 3670. The number of hydrogen-bond donors (Lipinski definition) is 0. The monoisotopic (exact) mass is 299 g/mol. The first kappa shape index (κ1) is 58.8. The summed E-state index contributed by atoms with van der Waals surface area (Å²) in [6.07, 6.45) is 0. The van der Waals surface area contributed by atoms with Crippen molar-refractivity contribution in [3.63, 3.8) is 0 Å². The summed E-state index contributed by atoms with van der Waals surface area (Å²) in [5, 5.41) is 14.8. The van der Waals surface area contributed by atoms with Crippen molar-refractivity contribution in [1.82, 2.24) is 0 Å². The van der Waals surface area contributed by atoms with Gasteiger partial charge in [0.05, 0.1) is 5.09 Å². The molecule has 0 amide bonds. The van der Waals surface area contributed by atoms with Crippen LogP contribution in [-0.4, -0.2) is 27.0 Å². The van der Waals surface area contributed by atoms with Crippen LogP contribution < -0.4 is 0 Å². The second-order valence-corrected chi connectivity index (χ2v) is 0.224. The second kappa shape index (κ2) is 40.6. The van der Waals surface area contributed by atoms with Crippen molar-refractivity contribution >= 4 is 0 Å². The van der Waals surface area contributed by atoms with Gasteiger partial charge < -0.3 is 37.2 Å². The molecule has 0 atom stereocenters. The molecule has 0 fully saturated rings. The fourth-order valence-corrected chi connectivity index (χ4v) is 0. The van der Waals surface area contributed by atoms with Crippen LogP contribution in [0.1, 0.15) is 0 Å². The van der Waals surface area contributed by atoms with E-state index in [0.717, 1.165) is 0 Å². The van der Waals surface area contributed by atoms with Gasteiger partial charge in [-0.1, -0.05) is 0 Å². The van der Waals surface area contributed by atoms with Crippen molar-refractivity contribution in [3.05, 3.63) is 15.3 Å². The smallest absolute Gasteiger partial charge is 0.0689 e. The molecule has 0 unspecified atom stereocenters. The Morgan fingerprint density at radius 3 is 0.889 bits per heavy atom. The van der Waals surface area contributed by atoms with E-state index in [0.29, 0.717) is 0 Å². The molecular weight excluding hydrogens is 291 g/mol. The Balaban J connectivity index is -0.00000000450. The van der Waals surface area contributed by atoms with E-state index in [1.54, 1.807) is 0 Å². The summed E-state index contributed by atoms with van der Waals surface area (Å²) in [4.78, 5) is 8.25. The van der Waals surface area contributed by atoms with Gasteiger partial charge >= 0.3 is 0 Å². The van der Waals surface area contributed by atoms with Crippen LogP contribution in [0, 0.1) is 53.1 Å². The van der Waals surface area contributed by atoms with Crippen molar-refractivity contribution in [2.45, 2.75) is 0 Å². The molecule has 0 saturated carbocycles. The number of rotatable bonds is 0. The molecule has 9 heavy (non-hydrogen) atoms. The Morgan fingerprint density at radius 2 is 0.889 bits per heavy atom. The standard InChI is InChI=1S/Ho.NO3.4H2O/c;2-1(3)4;;;;/h;;4*1H2/q;-1;;;;. The molecule has 0 aliphatic heterocycles. The largest absolute Gasteiger partial charge is 0.412 e. The van der Waals surface area contributed by atoms with Gasteiger partial charge in [0.2, 0.25) is 0 Å². The molecule has 0 aliphatic carbocycles. The van der Waals surface area contributed by atoms with Crippen molar-refractivity contribution in [2.24, 2.45) is 0 Å². The number of nitrogens with zero attached hydrogens (tertiary/aromatic N) is 1. The minimum Gasteiger partial charge on any atom is -0.412 e. The van der Waals surface area contributed by atoms with Crippen LogP contribution in [0.4, 0.5) is 0 Å². The summed E-state index contributed by atoms with van der Waals surface area (Å²) in [6.45, 7) is 0. The molecule has 9 heteroatoms. The quantitative estimate of drug-likeness (QED) is 0.254. The first-order chi connectivity index (χ1) is 1.73. The van der Waals surface area contributed by atoms with E-state index in [9.17, 15) is 0 Å². The van der Waals surface area contributed by atoms with Gasteiger partial charge in [0.15, 0.2) is 0 Å². The van der Waals surface area contributed by atoms with E-state index in [1.807, 2.05) is 0 Å². The molecule has 0 aliphatic rings. The summed E-state index contributed by atoms with van der Waals surface area (Å²) in [7, 11) is 0. The van der Waals surface area contributed by atoms with E-state index in [4.69, 9.17) is 15.3 Å². The summed E-state index contributed by atoms with van der Waals surface area (Å²) in [5.41, 5.74) is 0. The van der Waals surface area contributed by atoms with E-state index in [1.165, 1.54) is 0 Å². The summed E-state index contributed by atoms with van der Waals surface area (Å²) in [5.74, 6) is 0. The fraction of sp³-hybridized carbons (Fsp3) is 0. The molecule has 67 valence electrons. The van der Waals surface area contributed by atoms with Crippen LogP contribution >= 0.6 is 0 Å². The predicted molar refractivity (Wildman–Crippen MR) is 24.8 cm³/mol. The zero-order valence-corrected chi connectivity index (χ0v) is 5.91. The average molecular weight is 299 g/mol. The second-order valence-electron chi connectivity index (χ2n) is 0.224. The maximum atomic E-state index is 8.25. The van der Waals surface area contributed by atoms with Gasteiger partial charge in [-0.15, -0.1) is 0 Å². The molecule has 0 aromatic heterocycles. The van der Waals surface area contributed by atoms with Gasteiger partial charge in [-0.2, -0.15) is 0 Å². The van der Waals surface area contributed by atoms with Gasteiger partial charge in [0.25, 0.3) is 0 Å². The van der Waals surface area contributed by atoms with Crippen molar-refractivity contribution in [2.75, 3.05) is 0 Å². The van der Waals surface area contributed by atoms with Crippen molar-refractivity contribution in [1.29, 1.82) is 0 Å². The summed E-state index contributed by atoms with van der Waals surface area (Å²) < 4.78 is 0. The van der Waals surface area contributed by atoms with Gasteiger partial charge in [0.1, 0.15) is 0 Å². The van der Waals surface area contributed by atoms with E-state index in [2.05, 4.69) is 0 Å². The van der Waals surface area contributed by atoms with Crippen molar-refractivity contribution < 1.29 is 64.7 Å². The van der Waals surface area contributed by atoms with E-state index in [-0.39, 0.29) is 59.6 Å². The molecule has 0 saturated heterocycles. The third-order valence-corrected chi connectivity index (χ3v) is 0. The predicted octanol–water partition coefficient (Wildman–Crippen LogP) is -3.54. The maximum absolute atomic E-state index is 8.25. The topological polar surface area (TPSA) is 192 Å². The summed E-state index contributed by atoms with van der Waals surface area (Å²) in [6, 6.07) is 0. The third-order valence-electron chi connectivity index (χ3n) is 0. The molecule has 8 nitrogen and oxygen atoms in total. The van der Waals surface area contributed by atoms with Crippen LogP contribution in [-0.2, 0) is 0 Å². The average Bonchev–Trinajstić information content (AvgIpc) is 0.811. The first-order valence-corrected chi connectivity index (χ1v) is 0.548. The minimum atomic E-state index is -1.75. The fourth-order valence-electron chi connectivity index (χ4n) is 0. The zero-order chi connectivity index (χ0) is 3.58. The SMILES string of the molecule is O.O.O.O.O=[N+]([O-])[O-].[Ho]. The summed E-state index contributed by atoms with van der Waals surface area (Å²) >= 11 is 0. The van der Waals surface area contributed by atoms with Gasteiger partial charge in [-0.3, -0.25) is 0 Å². The van der Waals surface area contributed by atoms with Crippen LogP contribution in [0.5, 0.6) is 0 Å². The molecule has 0 rings (SSSR count). The molecule has 0 bridgehead atoms. The number of hydrogen-bond acceptors (Lipinski definition) is 3. The Kier molecular flexibility index (Phi) is 266. The van der Waals surface area contributed by atoms with Gasteiger partial charge in [-0.05, 0) is 0 Å². The normalized spacial score (nSPS) is 2.67. The van der Waals surface area contributed by atoms with Crippen LogP contribution in [0.2, 0.25) is 0 Å². The Hall–Kier alpha value is 0.300. The van der Waals surface area contributed by atoms with Crippen LogP contribution in [0.15, 0.2) is 0 Å². The Labute approximate surface area is 79.8 Å². The molecule has 0 aromatic carbocycles. The van der Waals surface area contributed by atoms with Crippen LogP contribution in [0.25, 0.3) is 0 Å². The Bertz CT molecular complexity index is 31.9.